The summed E-state index contributed by atoms with van der Waals surface area (Å²) in [4.78, 5) is 0. The van der Waals surface area contributed by atoms with E-state index in [9.17, 15) is 4.39 Å². The number of aromatic nitrogens is 2. The van der Waals surface area contributed by atoms with Crippen LogP contribution < -0.4 is 0 Å². The molecule has 0 spiro atoms. The Balaban J connectivity index is 0.000000461. The zero-order valence-corrected chi connectivity index (χ0v) is 9.97. The molecule has 2 aromatic rings. The highest BCUT2D eigenvalue weighted by Gasteiger charge is 2.06. The van der Waals surface area contributed by atoms with E-state index in [1.54, 1.807) is 12.4 Å². The first kappa shape index (κ1) is 11.2. The number of nitrogens with zero attached hydrogens (tertiary/aromatic N) is 2. The van der Waals surface area contributed by atoms with Crippen molar-refractivity contribution in [2.75, 3.05) is 0 Å². The summed E-state index contributed by atoms with van der Waals surface area (Å²) >= 11 is 3.19. The van der Waals surface area contributed by atoms with Crippen LogP contribution in [0.2, 0.25) is 0 Å². The smallest absolute Gasteiger partial charge is 0.150 e. The summed E-state index contributed by atoms with van der Waals surface area (Å²) in [5.74, 6) is -0.251. The van der Waals surface area contributed by atoms with Crippen molar-refractivity contribution in [3.05, 3.63) is 34.3 Å². The highest BCUT2D eigenvalue weighted by Crippen LogP contribution is 2.18. The topological polar surface area (TPSA) is 17.3 Å². The van der Waals surface area contributed by atoms with E-state index in [4.69, 9.17) is 0 Å². The molecule has 0 aliphatic rings. The molecular weight excluding hydrogens is 247 g/mol. The van der Waals surface area contributed by atoms with E-state index in [-0.39, 0.29) is 5.82 Å². The fourth-order valence-corrected chi connectivity index (χ4v) is 1.58. The fraction of sp³-hybridized carbons (Fsp3) is 0.300. The third-order valence-electron chi connectivity index (χ3n) is 1.71. The van der Waals surface area contributed by atoms with Gasteiger partial charge in [0.2, 0.25) is 0 Å². The summed E-state index contributed by atoms with van der Waals surface area (Å²) in [6.45, 7) is 5.83. The van der Waals surface area contributed by atoms with Crippen LogP contribution in [-0.4, -0.2) is 9.61 Å². The quantitative estimate of drug-likeness (QED) is 0.707. The first-order valence-electron chi connectivity index (χ1n) is 4.47. The van der Waals surface area contributed by atoms with Crippen LogP contribution in [0.25, 0.3) is 5.52 Å². The molecule has 2 aromatic heterocycles. The molecule has 2 rings (SSSR count). The van der Waals surface area contributed by atoms with Crippen LogP contribution in [0.3, 0.4) is 0 Å². The molecule has 0 bridgehead atoms. The van der Waals surface area contributed by atoms with Gasteiger partial charge >= 0.3 is 0 Å². The fourth-order valence-electron chi connectivity index (χ4n) is 1.19. The Hall–Kier alpha value is -0.900. The van der Waals surface area contributed by atoms with Crippen molar-refractivity contribution in [3.8, 4) is 0 Å². The number of rotatable bonds is 0. The predicted molar refractivity (Wildman–Crippen MR) is 58.9 cm³/mol. The highest BCUT2D eigenvalue weighted by molar-refractivity contribution is 9.10. The van der Waals surface area contributed by atoms with E-state index in [1.807, 2.05) is 20.8 Å². The third-order valence-corrected chi connectivity index (χ3v) is 2.15. The van der Waals surface area contributed by atoms with E-state index in [0.29, 0.717) is 9.99 Å². The molecule has 2 nitrogen and oxygen atoms in total. The maximum absolute atomic E-state index is 13.3. The molecule has 0 radical (unpaired) electrons. The average Bonchev–Trinajstić information content (AvgIpc) is 2.51. The molecule has 0 N–H and O–H groups in total. The Kier molecular flexibility index (Phi) is 3.63. The van der Waals surface area contributed by atoms with Crippen LogP contribution in [0.15, 0.2) is 22.9 Å². The lowest BCUT2D eigenvalue weighted by molar-refractivity contribution is 0.628. The summed E-state index contributed by atoms with van der Waals surface area (Å²) in [5, 5.41) is 3.99. The number of fused-ring (bicyclic) bond motifs is 1. The summed E-state index contributed by atoms with van der Waals surface area (Å²) in [6, 6.07) is 1.43. The Labute approximate surface area is 90.9 Å². The van der Waals surface area contributed by atoms with E-state index in [0.717, 1.165) is 5.56 Å². The lowest BCUT2D eigenvalue weighted by atomic mass is 10.3. The van der Waals surface area contributed by atoms with Gasteiger partial charge in [-0.2, -0.15) is 5.10 Å². The first-order chi connectivity index (χ1) is 6.68. The second-order valence-corrected chi connectivity index (χ2v) is 3.54. The molecule has 14 heavy (non-hydrogen) atoms. The van der Waals surface area contributed by atoms with Crippen molar-refractivity contribution in [1.82, 2.24) is 9.61 Å². The summed E-state index contributed by atoms with van der Waals surface area (Å²) in [5.41, 5.74) is 1.39. The molecule has 0 aromatic carbocycles. The maximum Gasteiger partial charge on any atom is 0.150 e. The lowest BCUT2D eigenvalue weighted by Gasteiger charge is -1.96. The van der Waals surface area contributed by atoms with Crippen LogP contribution in [0.4, 0.5) is 4.39 Å². The number of hydrogen-bond acceptors (Lipinski definition) is 1. The third kappa shape index (κ3) is 1.95. The molecular formula is C10H12BrFN2. The van der Waals surface area contributed by atoms with Gasteiger partial charge in [0.25, 0.3) is 0 Å². The maximum atomic E-state index is 13.3. The van der Waals surface area contributed by atoms with Crippen molar-refractivity contribution >= 4 is 21.4 Å². The molecule has 0 saturated carbocycles. The van der Waals surface area contributed by atoms with Gasteiger partial charge in [-0.25, -0.2) is 8.91 Å². The van der Waals surface area contributed by atoms with Crippen molar-refractivity contribution in [3.63, 3.8) is 0 Å². The SMILES string of the molecule is CC.Cc1cnn2cc(Br)cc(F)c12. The van der Waals surface area contributed by atoms with Crippen LogP contribution >= 0.6 is 15.9 Å². The molecule has 0 unspecified atom stereocenters. The minimum Gasteiger partial charge on any atom is -0.237 e. The molecule has 0 fully saturated rings. The zero-order chi connectivity index (χ0) is 10.7. The van der Waals surface area contributed by atoms with Gasteiger partial charge in [0.15, 0.2) is 0 Å². The molecule has 4 heteroatoms. The van der Waals surface area contributed by atoms with Crippen LogP contribution in [0.1, 0.15) is 19.4 Å². The van der Waals surface area contributed by atoms with Crippen molar-refractivity contribution in [2.45, 2.75) is 20.8 Å². The summed E-state index contributed by atoms with van der Waals surface area (Å²) < 4.78 is 15.5. The minimum atomic E-state index is -0.251. The van der Waals surface area contributed by atoms with Crippen LogP contribution in [0, 0.1) is 12.7 Å². The van der Waals surface area contributed by atoms with Gasteiger partial charge in [-0.1, -0.05) is 13.8 Å². The zero-order valence-electron chi connectivity index (χ0n) is 8.38. The molecule has 0 atom stereocenters. The Morgan fingerprint density at radius 1 is 1.43 bits per heavy atom. The highest BCUT2D eigenvalue weighted by atomic mass is 79.9. The van der Waals surface area contributed by atoms with E-state index < -0.39 is 0 Å². The minimum absolute atomic E-state index is 0.251. The summed E-state index contributed by atoms with van der Waals surface area (Å²) in [7, 11) is 0. The van der Waals surface area contributed by atoms with Crippen LogP contribution in [0.5, 0.6) is 0 Å². The summed E-state index contributed by atoms with van der Waals surface area (Å²) in [6.07, 6.45) is 3.37. The van der Waals surface area contributed by atoms with Gasteiger partial charge in [0.05, 0.1) is 6.20 Å². The predicted octanol–water partition coefficient (Wildman–Crippen LogP) is 3.57. The van der Waals surface area contributed by atoms with Gasteiger partial charge in [-0.3, -0.25) is 0 Å². The van der Waals surface area contributed by atoms with E-state index >= 15 is 0 Å². The second-order valence-electron chi connectivity index (χ2n) is 2.63. The van der Waals surface area contributed by atoms with Crippen molar-refractivity contribution in [1.29, 1.82) is 0 Å². The van der Waals surface area contributed by atoms with Crippen LogP contribution in [-0.2, 0) is 0 Å². The Morgan fingerprint density at radius 3 is 2.71 bits per heavy atom. The Bertz CT molecular complexity index is 437. The molecule has 0 aliphatic heterocycles. The number of pyridine rings is 1. The Morgan fingerprint density at radius 2 is 2.07 bits per heavy atom. The normalized spacial score (nSPS) is 9.79. The van der Waals surface area contributed by atoms with Crippen molar-refractivity contribution in [2.24, 2.45) is 0 Å². The van der Waals surface area contributed by atoms with Gasteiger partial charge in [-0.15, -0.1) is 0 Å². The standard InChI is InChI=1S/C8H6BrFN2.C2H6/c1-5-3-11-12-4-6(9)2-7(10)8(5)12;1-2/h2-4H,1H3;1-2H3. The number of aryl methyl sites for hydroxylation is 1. The van der Waals surface area contributed by atoms with Gasteiger partial charge in [0.1, 0.15) is 11.3 Å². The monoisotopic (exact) mass is 258 g/mol. The lowest BCUT2D eigenvalue weighted by Crippen LogP contribution is -1.90. The first-order valence-corrected chi connectivity index (χ1v) is 5.27. The van der Waals surface area contributed by atoms with Crippen molar-refractivity contribution < 1.29 is 4.39 Å². The number of halogens is 2. The molecule has 2 heterocycles. The van der Waals surface area contributed by atoms with Gasteiger partial charge in [0, 0.05) is 10.7 Å². The van der Waals surface area contributed by atoms with E-state index in [1.165, 1.54) is 10.6 Å². The largest absolute Gasteiger partial charge is 0.237 e. The molecule has 0 aliphatic carbocycles. The average molecular weight is 259 g/mol. The number of hydrogen-bond donors (Lipinski definition) is 0. The second kappa shape index (κ2) is 4.55. The van der Waals surface area contributed by atoms with Gasteiger partial charge in [-0.05, 0) is 34.5 Å². The molecule has 76 valence electrons. The van der Waals surface area contributed by atoms with E-state index in [2.05, 4.69) is 21.0 Å². The molecule has 0 amide bonds. The molecule has 0 saturated heterocycles. The van der Waals surface area contributed by atoms with Gasteiger partial charge < -0.3 is 0 Å².